The summed E-state index contributed by atoms with van der Waals surface area (Å²) in [4.78, 5) is 49.2. The Balaban J connectivity index is 2.04. The van der Waals surface area contributed by atoms with Crippen molar-refractivity contribution in [2.24, 2.45) is 0 Å². The zero-order valence-corrected chi connectivity index (χ0v) is 25.6. The average molecular weight is 597 g/mol. The Morgan fingerprint density at radius 2 is 1.70 bits per heavy atom. The first-order valence-corrected chi connectivity index (χ1v) is 17.0. The van der Waals surface area contributed by atoms with Gasteiger partial charge in [-0.25, -0.2) is 18.0 Å². The molecule has 2 heterocycles. The molecule has 0 aliphatic carbocycles. The lowest BCUT2D eigenvalue weighted by atomic mass is 9.89. The maximum absolute atomic E-state index is 13.5. The summed E-state index contributed by atoms with van der Waals surface area (Å²) in [5, 5.41) is 13.2. The number of amides is 3. The molecule has 0 radical (unpaired) electrons. The standard InChI is InChI=1S/C25H36N4O9SSi/c1-10-17-20(37-23(32)27(17)39(35,36)16-13-11-15(12-14-16)29(33)34)19-18(26-22(31)38-24(2,3)4)21(30)28(19)40(8,9)25(5,6)7/h10-14,17-20H,1H2,2-9H3,(H,26,31)/t17-,18+,19+,20+/m0/s1. The number of alkyl carbamates (subject to hydrolysis) is 1. The molecule has 1 N–H and O–H groups in total. The van der Waals surface area contributed by atoms with Crippen LogP contribution in [0.2, 0.25) is 18.1 Å². The van der Waals surface area contributed by atoms with Crippen molar-refractivity contribution < 1.29 is 37.2 Å². The largest absolute Gasteiger partial charge is 0.444 e. The van der Waals surface area contributed by atoms with Gasteiger partial charge in [-0.2, -0.15) is 4.31 Å². The molecule has 13 nitrogen and oxygen atoms in total. The van der Waals surface area contributed by atoms with E-state index in [1.165, 1.54) is 6.08 Å². The van der Waals surface area contributed by atoms with E-state index in [0.717, 1.165) is 24.3 Å². The van der Waals surface area contributed by atoms with Crippen LogP contribution in [-0.4, -0.2) is 78.4 Å². The van der Waals surface area contributed by atoms with E-state index in [1.54, 1.807) is 25.3 Å². The lowest BCUT2D eigenvalue weighted by molar-refractivity contribution is -0.384. The summed E-state index contributed by atoms with van der Waals surface area (Å²) in [6.07, 6.45) is -2.01. The highest BCUT2D eigenvalue weighted by Crippen LogP contribution is 2.46. The fraction of sp³-hybridized carbons (Fsp3) is 0.560. The number of carbonyl (C=O) groups excluding carboxylic acids is 3. The Morgan fingerprint density at radius 3 is 2.15 bits per heavy atom. The quantitative estimate of drug-likeness (QED) is 0.162. The van der Waals surface area contributed by atoms with Crippen LogP contribution in [0, 0.1) is 10.1 Å². The summed E-state index contributed by atoms with van der Waals surface area (Å²) in [7, 11) is -7.17. The Kier molecular flexibility index (Phi) is 7.91. The third-order valence-electron chi connectivity index (χ3n) is 7.46. The van der Waals surface area contributed by atoms with Crippen LogP contribution in [0.4, 0.5) is 15.3 Å². The summed E-state index contributed by atoms with van der Waals surface area (Å²) in [6, 6.07) is 0.766. The average Bonchev–Trinajstić information content (AvgIpc) is 3.14. The number of hydrogen-bond donors (Lipinski definition) is 1. The maximum atomic E-state index is 13.5. The van der Waals surface area contributed by atoms with Crippen molar-refractivity contribution in [2.45, 2.75) is 94.4 Å². The Bertz CT molecular complexity index is 1330. The van der Waals surface area contributed by atoms with Gasteiger partial charge in [-0.15, -0.1) is 6.58 Å². The second-order valence-corrected chi connectivity index (χ2v) is 19.2. The molecule has 2 saturated heterocycles. The SMILES string of the molecule is C=C[C@H]1[C@H]([C@H]2[C@@H](NC(=O)OC(C)(C)C)C(=O)N2[Si](C)(C)C(C)(C)C)OC(=O)N1S(=O)(=O)c1ccc([N+](=O)[O-])cc1. The summed E-state index contributed by atoms with van der Waals surface area (Å²) in [6.45, 7) is 18.6. The molecule has 2 fully saturated rings. The van der Waals surface area contributed by atoms with Gasteiger partial charge in [0.15, 0.2) is 14.3 Å². The third-order valence-corrected chi connectivity index (χ3v) is 14.6. The number of nitrogens with one attached hydrogen (secondary N) is 1. The van der Waals surface area contributed by atoms with Crippen molar-refractivity contribution in [1.82, 2.24) is 14.2 Å². The normalized spacial score (nSPS) is 23.8. The molecule has 40 heavy (non-hydrogen) atoms. The number of sulfonamides is 1. The molecular weight excluding hydrogens is 560 g/mol. The van der Waals surface area contributed by atoms with E-state index in [9.17, 15) is 32.9 Å². The molecule has 0 aromatic heterocycles. The number of carbonyl (C=O) groups is 3. The number of benzene rings is 1. The van der Waals surface area contributed by atoms with E-state index in [-0.39, 0.29) is 15.6 Å². The second-order valence-electron chi connectivity index (χ2n) is 12.3. The van der Waals surface area contributed by atoms with E-state index in [1.807, 2.05) is 33.9 Å². The molecule has 0 saturated carbocycles. The molecule has 0 spiro atoms. The third kappa shape index (κ3) is 5.44. The summed E-state index contributed by atoms with van der Waals surface area (Å²) in [5.41, 5.74) is -1.17. The first-order valence-electron chi connectivity index (χ1n) is 12.6. The van der Waals surface area contributed by atoms with Crippen LogP contribution in [-0.2, 0) is 24.3 Å². The molecule has 1 aromatic rings. The van der Waals surface area contributed by atoms with E-state index in [2.05, 4.69) is 11.9 Å². The van der Waals surface area contributed by atoms with Crippen molar-refractivity contribution >= 4 is 42.0 Å². The van der Waals surface area contributed by atoms with Gasteiger partial charge in [-0.3, -0.25) is 14.9 Å². The monoisotopic (exact) mass is 596 g/mol. The van der Waals surface area contributed by atoms with Gasteiger partial charge in [-0.05, 0) is 37.9 Å². The predicted molar refractivity (Wildman–Crippen MR) is 147 cm³/mol. The van der Waals surface area contributed by atoms with E-state index in [4.69, 9.17) is 9.47 Å². The smallest absolute Gasteiger partial charge is 0.424 e. The summed E-state index contributed by atoms with van der Waals surface area (Å²) in [5.74, 6) is -0.391. The molecule has 220 valence electrons. The molecule has 0 bridgehead atoms. The molecule has 3 amide bonds. The number of β-lactam (4-membered cyclic amide) rings is 1. The van der Waals surface area contributed by atoms with Crippen molar-refractivity contribution in [1.29, 1.82) is 0 Å². The molecule has 2 aliphatic rings. The van der Waals surface area contributed by atoms with Gasteiger partial charge in [0, 0.05) is 12.1 Å². The minimum atomic E-state index is -4.54. The van der Waals surface area contributed by atoms with Crippen LogP contribution in [0.5, 0.6) is 0 Å². The van der Waals surface area contributed by atoms with Gasteiger partial charge < -0.3 is 19.4 Å². The number of nitro groups is 1. The van der Waals surface area contributed by atoms with Crippen LogP contribution >= 0.6 is 0 Å². The molecule has 15 heteroatoms. The number of nitro benzene ring substituents is 1. The minimum Gasteiger partial charge on any atom is -0.444 e. The predicted octanol–water partition coefficient (Wildman–Crippen LogP) is 3.77. The van der Waals surface area contributed by atoms with E-state index >= 15 is 0 Å². The minimum absolute atomic E-state index is 0.324. The lowest BCUT2D eigenvalue weighted by Crippen LogP contribution is -2.82. The molecule has 2 aliphatic heterocycles. The highest BCUT2D eigenvalue weighted by atomic mass is 32.2. The van der Waals surface area contributed by atoms with Crippen LogP contribution in [0.3, 0.4) is 0 Å². The van der Waals surface area contributed by atoms with Crippen LogP contribution in [0.1, 0.15) is 41.5 Å². The number of cyclic esters (lactones) is 1. The topological polar surface area (TPSA) is 165 Å². The van der Waals surface area contributed by atoms with E-state index < -0.39 is 71.1 Å². The van der Waals surface area contributed by atoms with Crippen LogP contribution < -0.4 is 5.32 Å². The van der Waals surface area contributed by atoms with Crippen LogP contribution in [0.15, 0.2) is 41.8 Å². The summed E-state index contributed by atoms with van der Waals surface area (Å²) < 4.78 is 40.2. The van der Waals surface area contributed by atoms with Gasteiger partial charge in [0.25, 0.3) is 15.7 Å². The zero-order chi connectivity index (χ0) is 30.6. The first-order chi connectivity index (χ1) is 18.1. The highest BCUT2D eigenvalue weighted by molar-refractivity contribution is 7.89. The van der Waals surface area contributed by atoms with Crippen molar-refractivity contribution in [3.63, 3.8) is 0 Å². The van der Waals surface area contributed by atoms with Crippen molar-refractivity contribution in [3.8, 4) is 0 Å². The Hall–Kier alpha value is -3.46. The first kappa shape index (κ1) is 31.1. The second kappa shape index (κ2) is 10.2. The van der Waals surface area contributed by atoms with Crippen molar-refractivity contribution in [2.75, 3.05) is 0 Å². The van der Waals surface area contributed by atoms with Gasteiger partial charge in [-0.1, -0.05) is 39.9 Å². The van der Waals surface area contributed by atoms with Gasteiger partial charge in [0.05, 0.1) is 15.9 Å². The number of ether oxygens (including phenoxy) is 2. The zero-order valence-electron chi connectivity index (χ0n) is 23.8. The molecule has 4 atom stereocenters. The highest BCUT2D eigenvalue weighted by Gasteiger charge is 2.65. The number of hydrogen-bond acceptors (Lipinski definition) is 9. The fourth-order valence-corrected chi connectivity index (χ4v) is 8.47. The van der Waals surface area contributed by atoms with E-state index in [0.29, 0.717) is 4.31 Å². The molecule has 3 rings (SSSR count). The van der Waals surface area contributed by atoms with Gasteiger partial charge in [0.1, 0.15) is 17.7 Å². The number of rotatable bonds is 7. The van der Waals surface area contributed by atoms with Crippen LogP contribution in [0.25, 0.3) is 0 Å². The van der Waals surface area contributed by atoms with Gasteiger partial charge in [0.2, 0.25) is 5.91 Å². The fourth-order valence-electron chi connectivity index (χ4n) is 4.54. The summed E-state index contributed by atoms with van der Waals surface area (Å²) >= 11 is 0. The molecular formula is C25H36N4O9SSi. The number of non-ortho nitro benzene ring substituents is 1. The van der Waals surface area contributed by atoms with Gasteiger partial charge >= 0.3 is 12.2 Å². The Morgan fingerprint density at radius 1 is 1.15 bits per heavy atom. The number of nitrogens with zero attached hydrogens (tertiary/aromatic N) is 3. The molecule has 0 unspecified atom stereocenters. The van der Waals surface area contributed by atoms with Crippen molar-refractivity contribution in [3.05, 3.63) is 47.0 Å². The maximum Gasteiger partial charge on any atom is 0.424 e. The lowest BCUT2D eigenvalue weighted by Gasteiger charge is -2.59. The molecule has 1 aromatic carbocycles. The Labute approximate surface area is 234 Å².